The van der Waals surface area contributed by atoms with Gasteiger partial charge in [0.2, 0.25) is 0 Å². The topological polar surface area (TPSA) is 98.3 Å². The molecule has 1 aromatic heterocycles. The molecule has 2 aromatic rings. The van der Waals surface area contributed by atoms with Crippen LogP contribution in [0.1, 0.15) is 15.9 Å². The van der Waals surface area contributed by atoms with Gasteiger partial charge in [-0.05, 0) is 38.5 Å². The molecular weight excluding hydrogens is 318 g/mol. The molecule has 0 aliphatic carbocycles. The molecule has 1 N–H and O–H groups in total. The van der Waals surface area contributed by atoms with E-state index >= 15 is 0 Å². The highest BCUT2D eigenvalue weighted by molar-refractivity contribution is 9.10. The van der Waals surface area contributed by atoms with E-state index in [0.717, 1.165) is 5.56 Å². The first kappa shape index (κ1) is 13.2. The summed E-state index contributed by atoms with van der Waals surface area (Å²) >= 11 is 3.06. The molecule has 0 aliphatic heterocycles. The summed E-state index contributed by atoms with van der Waals surface area (Å²) in [6, 6.07) is 6.24. The maximum absolute atomic E-state index is 10.7. The van der Waals surface area contributed by atoms with Gasteiger partial charge in [0.05, 0.1) is 23.4 Å². The number of hydrogen-bond acceptors (Lipinski definition) is 4. The van der Waals surface area contributed by atoms with Gasteiger partial charge in [-0.3, -0.25) is 0 Å². The van der Waals surface area contributed by atoms with E-state index in [2.05, 4.69) is 21.0 Å². The molecule has 0 saturated carbocycles. The second kappa shape index (κ2) is 5.19. The summed E-state index contributed by atoms with van der Waals surface area (Å²) in [5, 5.41) is 23.2. The van der Waals surface area contributed by atoms with Gasteiger partial charge in [0.1, 0.15) is 4.47 Å². The zero-order chi connectivity index (χ0) is 14.0. The minimum absolute atomic E-state index is 0.191. The molecule has 98 valence electrons. The Balaban J connectivity index is 2.19. The Kier molecular flexibility index (Phi) is 3.61. The van der Waals surface area contributed by atoms with Crippen molar-refractivity contribution in [3.05, 3.63) is 56.2 Å². The fourth-order valence-electron chi connectivity index (χ4n) is 1.53. The molecule has 0 radical (unpaired) electrons. The van der Waals surface area contributed by atoms with Gasteiger partial charge in [-0.15, -0.1) is 0 Å². The Morgan fingerprint density at radius 2 is 2.05 bits per heavy atom. The van der Waals surface area contributed by atoms with Gasteiger partial charge < -0.3 is 15.2 Å². The van der Waals surface area contributed by atoms with Crippen molar-refractivity contribution in [3.8, 4) is 0 Å². The number of benzene rings is 1. The number of rotatable bonds is 4. The molecule has 7 nitrogen and oxygen atoms in total. The zero-order valence-electron chi connectivity index (χ0n) is 9.49. The molecule has 2 rings (SSSR count). The van der Waals surface area contributed by atoms with Crippen molar-refractivity contribution < 1.29 is 14.8 Å². The van der Waals surface area contributed by atoms with Crippen LogP contribution in [0.4, 0.5) is 5.82 Å². The van der Waals surface area contributed by atoms with Crippen molar-refractivity contribution in [2.75, 3.05) is 0 Å². The van der Waals surface area contributed by atoms with E-state index in [9.17, 15) is 14.9 Å². The Bertz CT molecular complexity index is 636. The third-order valence-electron chi connectivity index (χ3n) is 2.42. The van der Waals surface area contributed by atoms with Crippen molar-refractivity contribution in [2.45, 2.75) is 6.54 Å². The number of carboxylic acid groups (broad SMARTS) is 1. The first-order chi connectivity index (χ1) is 8.97. The molecule has 0 bridgehead atoms. The number of hydrogen-bond donors (Lipinski definition) is 1. The van der Waals surface area contributed by atoms with E-state index in [-0.39, 0.29) is 11.4 Å². The molecule has 0 atom stereocenters. The van der Waals surface area contributed by atoms with Gasteiger partial charge in [0.15, 0.2) is 0 Å². The average Bonchev–Trinajstić information content (AvgIpc) is 2.71. The van der Waals surface area contributed by atoms with E-state index in [1.807, 2.05) is 0 Å². The van der Waals surface area contributed by atoms with E-state index in [1.165, 1.54) is 23.0 Å². The second-order valence-electron chi connectivity index (χ2n) is 3.76. The maximum Gasteiger partial charge on any atom is 0.404 e. The van der Waals surface area contributed by atoms with Gasteiger partial charge in [0, 0.05) is 0 Å². The lowest BCUT2D eigenvalue weighted by Crippen LogP contribution is -2.02. The summed E-state index contributed by atoms with van der Waals surface area (Å²) in [6.07, 6.45) is 1.50. The minimum atomic E-state index is -0.996. The second-order valence-corrected chi connectivity index (χ2v) is 4.61. The Labute approximate surface area is 115 Å². The number of halogens is 1. The van der Waals surface area contributed by atoms with E-state index < -0.39 is 10.9 Å². The van der Waals surface area contributed by atoms with Crippen LogP contribution >= 0.6 is 15.9 Å². The quantitative estimate of drug-likeness (QED) is 0.687. The van der Waals surface area contributed by atoms with Crippen molar-refractivity contribution in [3.63, 3.8) is 0 Å². The highest BCUT2D eigenvalue weighted by atomic mass is 79.9. The minimum Gasteiger partial charge on any atom is -0.478 e. The van der Waals surface area contributed by atoms with E-state index in [4.69, 9.17) is 5.11 Å². The van der Waals surface area contributed by atoms with Gasteiger partial charge in [0.25, 0.3) is 0 Å². The zero-order valence-corrected chi connectivity index (χ0v) is 11.1. The van der Waals surface area contributed by atoms with Crippen LogP contribution in [-0.4, -0.2) is 25.8 Å². The lowest BCUT2D eigenvalue weighted by Gasteiger charge is -1.99. The standard InChI is InChI=1S/C11H8BrN3O4/c12-9-6-14(13-10(9)15(18)19)5-7-1-3-8(4-2-7)11(16)17/h1-4,6H,5H2,(H,16,17). The van der Waals surface area contributed by atoms with Crippen LogP contribution in [0.25, 0.3) is 0 Å². The van der Waals surface area contributed by atoms with Crippen LogP contribution in [0.5, 0.6) is 0 Å². The van der Waals surface area contributed by atoms with Crippen molar-refractivity contribution in [2.24, 2.45) is 0 Å². The van der Waals surface area contributed by atoms with Crippen molar-refractivity contribution in [1.82, 2.24) is 9.78 Å². The fourth-order valence-corrected chi connectivity index (χ4v) is 1.99. The summed E-state index contributed by atoms with van der Waals surface area (Å²) in [5.41, 5.74) is 0.992. The maximum atomic E-state index is 10.7. The van der Waals surface area contributed by atoms with Crippen molar-refractivity contribution in [1.29, 1.82) is 0 Å². The molecule has 0 spiro atoms. The third kappa shape index (κ3) is 2.97. The molecule has 0 saturated heterocycles. The number of aromatic carboxylic acids is 1. The summed E-state index contributed by atoms with van der Waals surface area (Å²) in [7, 11) is 0. The van der Waals surface area contributed by atoms with Gasteiger partial charge in [-0.2, -0.15) is 4.68 Å². The molecule has 0 amide bonds. The Morgan fingerprint density at radius 1 is 1.42 bits per heavy atom. The fraction of sp³-hybridized carbons (Fsp3) is 0.0909. The molecule has 1 heterocycles. The number of aromatic nitrogens is 2. The molecular formula is C11H8BrN3O4. The average molecular weight is 326 g/mol. The summed E-state index contributed by atoms with van der Waals surface area (Å²) < 4.78 is 1.72. The largest absolute Gasteiger partial charge is 0.478 e. The van der Waals surface area contributed by atoms with E-state index in [1.54, 1.807) is 12.1 Å². The smallest absolute Gasteiger partial charge is 0.404 e. The van der Waals surface area contributed by atoms with Gasteiger partial charge in [-0.1, -0.05) is 12.1 Å². The normalized spacial score (nSPS) is 10.4. The Morgan fingerprint density at radius 3 is 2.53 bits per heavy atom. The van der Waals surface area contributed by atoms with Crippen LogP contribution in [0, 0.1) is 10.1 Å². The van der Waals surface area contributed by atoms with Crippen LogP contribution in [-0.2, 0) is 6.54 Å². The van der Waals surface area contributed by atoms with E-state index in [0.29, 0.717) is 11.0 Å². The highest BCUT2D eigenvalue weighted by Crippen LogP contribution is 2.22. The summed E-state index contributed by atoms with van der Waals surface area (Å²) in [6.45, 7) is 0.326. The SMILES string of the molecule is O=C(O)c1ccc(Cn2cc(Br)c([N+](=O)[O-])n2)cc1. The molecule has 0 unspecified atom stereocenters. The molecule has 19 heavy (non-hydrogen) atoms. The lowest BCUT2D eigenvalue weighted by atomic mass is 10.1. The molecule has 1 aromatic carbocycles. The van der Waals surface area contributed by atoms with Gasteiger partial charge in [-0.25, -0.2) is 4.79 Å². The number of nitrogens with zero attached hydrogens (tertiary/aromatic N) is 3. The molecule has 0 fully saturated rings. The predicted molar refractivity (Wildman–Crippen MR) is 69.1 cm³/mol. The Hall–Kier alpha value is -2.22. The van der Waals surface area contributed by atoms with Crippen molar-refractivity contribution >= 4 is 27.7 Å². The monoisotopic (exact) mass is 325 g/mol. The molecule has 8 heteroatoms. The number of carboxylic acids is 1. The lowest BCUT2D eigenvalue weighted by molar-refractivity contribution is -0.390. The number of nitro groups is 1. The first-order valence-corrected chi connectivity index (χ1v) is 5.96. The van der Waals surface area contributed by atoms with Crippen LogP contribution in [0.2, 0.25) is 0 Å². The van der Waals surface area contributed by atoms with Gasteiger partial charge >= 0.3 is 11.8 Å². The third-order valence-corrected chi connectivity index (χ3v) is 2.98. The van der Waals surface area contributed by atoms with Crippen LogP contribution < -0.4 is 0 Å². The van der Waals surface area contributed by atoms with Crippen LogP contribution in [0.3, 0.4) is 0 Å². The van der Waals surface area contributed by atoms with Crippen LogP contribution in [0.15, 0.2) is 34.9 Å². The molecule has 0 aliphatic rings. The highest BCUT2D eigenvalue weighted by Gasteiger charge is 2.18. The number of carbonyl (C=O) groups is 1. The predicted octanol–water partition coefficient (Wildman–Crippen LogP) is 2.30. The summed E-state index contributed by atoms with van der Waals surface area (Å²) in [4.78, 5) is 20.8. The first-order valence-electron chi connectivity index (χ1n) is 5.17. The summed E-state index contributed by atoms with van der Waals surface area (Å²) in [5.74, 6) is -1.24.